The second-order valence-electron chi connectivity index (χ2n) is 18.0. The molecule has 9 heteroatoms. The summed E-state index contributed by atoms with van der Waals surface area (Å²) in [7, 11) is 2.34. The van der Waals surface area contributed by atoms with Gasteiger partial charge in [-0.2, -0.15) is 0 Å². The molecule has 0 aliphatic carbocycles. The summed E-state index contributed by atoms with van der Waals surface area (Å²) in [5.41, 5.74) is -2.38. The molecule has 16 atom stereocenters. The number of hydrogen-bond acceptors (Lipinski definition) is 9. The van der Waals surface area contributed by atoms with Crippen molar-refractivity contribution in [1.29, 1.82) is 0 Å². The number of aliphatic hydroxyl groups is 2. The van der Waals surface area contributed by atoms with E-state index in [1.165, 1.54) is 19.3 Å². The van der Waals surface area contributed by atoms with Crippen LogP contribution in [0.4, 0.5) is 0 Å². The quantitative estimate of drug-likeness (QED) is 0.152. The third-order valence-electron chi connectivity index (χ3n) is 15.2. The van der Waals surface area contributed by atoms with E-state index >= 15 is 4.79 Å². The summed E-state index contributed by atoms with van der Waals surface area (Å²) in [5.74, 6) is 1.59. The Morgan fingerprint density at radius 1 is 0.939 bits per heavy atom. The number of unbranched alkanes of at least 4 members (excludes halogenated alkanes) is 4. The molecular formula is C40H73N5O4. The van der Waals surface area contributed by atoms with E-state index in [2.05, 4.69) is 81.7 Å². The maximum absolute atomic E-state index is 16.9. The van der Waals surface area contributed by atoms with Crippen molar-refractivity contribution in [1.82, 2.24) is 26.2 Å². The van der Waals surface area contributed by atoms with Crippen molar-refractivity contribution >= 4 is 5.78 Å². The van der Waals surface area contributed by atoms with Gasteiger partial charge in [0.05, 0.1) is 41.8 Å². The Morgan fingerprint density at radius 2 is 1.67 bits per heavy atom. The first-order valence-electron chi connectivity index (χ1n) is 20.7. The van der Waals surface area contributed by atoms with Crippen LogP contribution in [0.25, 0.3) is 0 Å². The Labute approximate surface area is 298 Å². The van der Waals surface area contributed by atoms with Crippen LogP contribution in [-0.4, -0.2) is 114 Å². The number of rotatable bonds is 14. The number of likely N-dealkylation sites (tertiary alicyclic amines) is 1. The minimum Gasteiger partial charge on any atom is -0.394 e. The van der Waals surface area contributed by atoms with E-state index in [0.717, 1.165) is 44.9 Å². The number of carbonyl (C=O) groups excluding carboxylic acids is 1. The summed E-state index contributed by atoms with van der Waals surface area (Å²) in [6, 6.07) is -0.626. The van der Waals surface area contributed by atoms with Gasteiger partial charge in [0.15, 0.2) is 5.78 Å². The van der Waals surface area contributed by atoms with Gasteiger partial charge >= 0.3 is 0 Å². The molecule has 0 radical (unpaired) electrons. The summed E-state index contributed by atoms with van der Waals surface area (Å²) in [5, 5.41) is 39.7. The Bertz CT molecular complexity index is 1160. The third-order valence-corrected chi connectivity index (χ3v) is 15.2. The zero-order valence-corrected chi connectivity index (χ0v) is 32.4. The molecule has 6 fully saturated rings. The molecule has 6 rings (SSSR count). The molecule has 2 spiro atoms. The number of hydrogen-bond donors (Lipinski definition) is 6. The second kappa shape index (κ2) is 14.6. The van der Waals surface area contributed by atoms with Crippen molar-refractivity contribution in [3.05, 3.63) is 0 Å². The number of piperidine rings is 1. The van der Waals surface area contributed by atoms with Crippen LogP contribution in [0.1, 0.15) is 120 Å². The van der Waals surface area contributed by atoms with E-state index in [4.69, 9.17) is 4.74 Å². The predicted molar refractivity (Wildman–Crippen MR) is 196 cm³/mol. The van der Waals surface area contributed by atoms with E-state index in [1.807, 2.05) is 6.92 Å². The molecule has 0 amide bonds. The minimum atomic E-state index is -0.932. The fourth-order valence-electron chi connectivity index (χ4n) is 12.9. The predicted octanol–water partition coefficient (Wildman–Crippen LogP) is 3.85. The monoisotopic (exact) mass is 688 g/mol. The number of Topliss-reactive ketones (excluding diaryl/α,β-unsaturated/α-hetero) is 1. The van der Waals surface area contributed by atoms with Crippen LogP contribution >= 0.6 is 0 Å². The molecule has 9 nitrogen and oxygen atoms in total. The van der Waals surface area contributed by atoms with E-state index in [0.29, 0.717) is 36.7 Å². The fraction of sp³-hybridized carbons (Fsp3) is 0.975. The summed E-state index contributed by atoms with van der Waals surface area (Å²) in [6.07, 6.45) is 9.41. The summed E-state index contributed by atoms with van der Waals surface area (Å²) >= 11 is 0. The number of carbonyl (C=O) groups is 1. The van der Waals surface area contributed by atoms with Gasteiger partial charge in [-0.3, -0.25) is 9.69 Å². The highest BCUT2D eigenvalue weighted by molar-refractivity contribution is 5.97. The maximum atomic E-state index is 16.9. The van der Waals surface area contributed by atoms with Gasteiger partial charge in [0.25, 0.3) is 0 Å². The van der Waals surface area contributed by atoms with Gasteiger partial charge in [-0.05, 0) is 56.9 Å². The lowest BCUT2D eigenvalue weighted by molar-refractivity contribution is -0.160. The number of ether oxygens (including phenoxy) is 1. The number of nitrogens with one attached hydrogen (secondary N) is 4. The Balaban J connectivity index is 1.66. The van der Waals surface area contributed by atoms with Gasteiger partial charge in [0.1, 0.15) is 0 Å². The van der Waals surface area contributed by atoms with Crippen LogP contribution in [0.5, 0.6) is 0 Å². The first-order chi connectivity index (χ1) is 23.5. The molecule has 6 saturated heterocycles. The van der Waals surface area contributed by atoms with Crippen LogP contribution in [0.3, 0.4) is 0 Å². The highest BCUT2D eigenvalue weighted by Crippen LogP contribution is 2.64. The molecule has 0 aromatic heterocycles. The maximum Gasteiger partial charge on any atom is 0.154 e. The van der Waals surface area contributed by atoms with E-state index in [-0.39, 0.29) is 67.0 Å². The van der Waals surface area contributed by atoms with Gasteiger partial charge in [0.2, 0.25) is 0 Å². The zero-order chi connectivity index (χ0) is 35.5. The van der Waals surface area contributed by atoms with Crippen molar-refractivity contribution in [2.75, 3.05) is 26.8 Å². The molecule has 6 aliphatic rings. The molecular weight excluding hydrogens is 614 g/mol. The lowest BCUT2D eigenvalue weighted by atomic mass is 9.49. The molecule has 3 bridgehead atoms. The van der Waals surface area contributed by atoms with Crippen molar-refractivity contribution in [3.8, 4) is 0 Å². The number of fused-ring (bicyclic) bond motifs is 1. The largest absolute Gasteiger partial charge is 0.394 e. The smallest absolute Gasteiger partial charge is 0.154 e. The molecule has 0 aromatic rings. The van der Waals surface area contributed by atoms with Gasteiger partial charge in [-0.15, -0.1) is 0 Å². The first-order valence-corrected chi connectivity index (χ1v) is 20.7. The highest BCUT2D eigenvalue weighted by Gasteiger charge is 2.82. The normalized spacial score (nSPS) is 47.4. The summed E-state index contributed by atoms with van der Waals surface area (Å²) in [6.45, 7) is 19.2. The van der Waals surface area contributed by atoms with Crippen LogP contribution in [0.15, 0.2) is 0 Å². The number of likely N-dealkylation sites (N-methyl/N-ethyl adjacent to an activating group) is 1. The van der Waals surface area contributed by atoms with Crippen molar-refractivity contribution in [3.63, 3.8) is 0 Å². The number of nitrogens with zero attached hydrogens (tertiary/aromatic N) is 1. The SMILES string of the molecule is CCCCCCCC1(CO)NC2C([C@H](C)CC)NC3C(CC(C)C)N(C)C4C(CC)COC5CNC6C([C@H](C)O)NC1C56C(=O)C23C4CC. The van der Waals surface area contributed by atoms with E-state index < -0.39 is 22.5 Å². The summed E-state index contributed by atoms with van der Waals surface area (Å²) in [4.78, 5) is 19.6. The van der Waals surface area contributed by atoms with Crippen molar-refractivity contribution < 1.29 is 19.7 Å². The topological polar surface area (TPSA) is 118 Å². The third kappa shape index (κ3) is 5.48. The molecule has 6 aliphatic heterocycles. The lowest BCUT2D eigenvalue weighted by Gasteiger charge is -2.60. The van der Waals surface area contributed by atoms with Crippen LogP contribution < -0.4 is 21.3 Å². The highest BCUT2D eigenvalue weighted by atomic mass is 16.5. The zero-order valence-electron chi connectivity index (χ0n) is 32.4. The van der Waals surface area contributed by atoms with Crippen molar-refractivity contribution in [2.45, 2.75) is 186 Å². The van der Waals surface area contributed by atoms with Gasteiger partial charge in [-0.1, -0.05) is 93.4 Å². The number of aliphatic hydroxyl groups excluding tert-OH is 2. The van der Waals surface area contributed by atoms with Gasteiger partial charge in [-0.25, -0.2) is 0 Å². The summed E-state index contributed by atoms with van der Waals surface area (Å²) < 4.78 is 7.18. The first kappa shape index (κ1) is 38.1. The van der Waals surface area contributed by atoms with Gasteiger partial charge in [0, 0.05) is 54.9 Å². The minimum absolute atomic E-state index is 0.0257. The Hall–Kier alpha value is -0.650. The molecule has 6 heterocycles. The average molecular weight is 688 g/mol. The molecule has 49 heavy (non-hydrogen) atoms. The Morgan fingerprint density at radius 3 is 2.29 bits per heavy atom. The van der Waals surface area contributed by atoms with Crippen LogP contribution in [-0.2, 0) is 9.53 Å². The van der Waals surface area contributed by atoms with Crippen molar-refractivity contribution in [2.24, 2.45) is 34.5 Å². The van der Waals surface area contributed by atoms with Crippen LogP contribution in [0.2, 0.25) is 0 Å². The molecule has 0 aromatic carbocycles. The number of ketones is 1. The standard InChI is InChI=1S/C40H73N5O4/c1-10-14-15-16-17-18-38(22-46)36-40-29(20-41-34(40)31(43-36)25(8)47)49-21-26(12-3)32-27(13-4)39(37(40)48)33(28(45(32)9)19-23(5)6)42-30(24(7)11-2)35(39)44-38/h23-36,41-44,46-47H,10-22H2,1-9H3/t24-,25+,26?,27?,28?,29?,30?,31?,32?,33?,34?,35?,36?,38?,39?,40?/m1/s1. The fourth-order valence-corrected chi connectivity index (χ4v) is 12.9. The second-order valence-corrected chi connectivity index (χ2v) is 18.0. The Kier molecular flexibility index (Phi) is 11.4. The molecule has 6 N–H and O–H groups in total. The van der Waals surface area contributed by atoms with E-state index in [1.54, 1.807) is 0 Å². The molecule has 14 unspecified atom stereocenters. The molecule has 282 valence electrons. The van der Waals surface area contributed by atoms with E-state index in [9.17, 15) is 10.2 Å². The van der Waals surface area contributed by atoms with Gasteiger partial charge < -0.3 is 36.2 Å². The average Bonchev–Trinajstić information content (AvgIpc) is 3.72. The van der Waals surface area contributed by atoms with Crippen LogP contribution in [0, 0.1) is 34.5 Å². The lowest BCUT2D eigenvalue weighted by Crippen LogP contribution is -2.74. The molecule has 0 saturated carbocycles.